The van der Waals surface area contributed by atoms with Crippen LogP contribution in [0.3, 0.4) is 0 Å². The minimum Gasteiger partial charge on any atom is -0.0889 e. The lowest BCUT2D eigenvalue weighted by Crippen LogP contribution is -2.03. The first-order valence-corrected chi connectivity index (χ1v) is 14.9. The van der Waals surface area contributed by atoms with E-state index in [0.717, 1.165) is 10.8 Å². The van der Waals surface area contributed by atoms with Gasteiger partial charge in [0, 0.05) is 0 Å². The highest BCUT2D eigenvalue weighted by atomic mass is 14.3. The zero-order chi connectivity index (χ0) is 28.2. The van der Waals surface area contributed by atoms with Gasteiger partial charge in [0.2, 0.25) is 0 Å². The summed E-state index contributed by atoms with van der Waals surface area (Å²) in [7, 11) is 6.50. The Morgan fingerprint density at radius 1 is 0.279 bits per heavy atom. The van der Waals surface area contributed by atoms with Gasteiger partial charge in [-0.15, -0.1) is 0 Å². The third-order valence-corrected chi connectivity index (χ3v) is 9.69. The van der Waals surface area contributed by atoms with Crippen LogP contribution in [0.4, 0.5) is 0 Å². The van der Waals surface area contributed by atoms with Gasteiger partial charge in [-0.3, -0.25) is 0 Å². The Labute approximate surface area is 250 Å². The Morgan fingerprint density at radius 2 is 0.721 bits per heavy atom. The molecule has 0 fully saturated rings. The molecule has 1 heteroatoms. The maximum absolute atomic E-state index is 6.50. The van der Waals surface area contributed by atoms with Crippen molar-refractivity contribution in [3.8, 4) is 44.5 Å². The van der Waals surface area contributed by atoms with E-state index in [1.807, 2.05) is 0 Å². The van der Waals surface area contributed by atoms with Gasteiger partial charge in [0.25, 0.3) is 0 Å². The smallest absolute Gasteiger partial charge is 0.0889 e. The largest absolute Gasteiger partial charge is 0.114 e. The van der Waals surface area contributed by atoms with Crippen LogP contribution < -0.4 is 5.46 Å². The van der Waals surface area contributed by atoms with E-state index >= 15 is 0 Å². The van der Waals surface area contributed by atoms with E-state index in [4.69, 9.17) is 7.85 Å². The van der Waals surface area contributed by atoms with Crippen LogP contribution in [0.2, 0.25) is 0 Å². The fourth-order valence-electron chi connectivity index (χ4n) is 8.03. The van der Waals surface area contributed by atoms with Gasteiger partial charge in [-0.2, -0.15) is 0 Å². The summed E-state index contributed by atoms with van der Waals surface area (Å²) in [5.74, 6) is 0. The van der Waals surface area contributed by atoms with Crippen molar-refractivity contribution in [2.75, 3.05) is 0 Å². The molecule has 0 atom stereocenters. The Hall–Kier alpha value is -5.40. The van der Waals surface area contributed by atoms with Crippen LogP contribution in [-0.2, 0) is 0 Å². The van der Waals surface area contributed by atoms with Crippen molar-refractivity contribution < 1.29 is 0 Å². The first kappa shape index (κ1) is 23.2. The molecule has 2 radical (unpaired) electrons. The van der Waals surface area contributed by atoms with E-state index in [2.05, 4.69) is 140 Å². The molecule has 0 unspecified atom stereocenters. The Kier molecular flexibility index (Phi) is 4.50. The van der Waals surface area contributed by atoms with Gasteiger partial charge in [-0.1, -0.05) is 145 Å². The Balaban J connectivity index is 1.47. The van der Waals surface area contributed by atoms with Crippen molar-refractivity contribution in [1.29, 1.82) is 0 Å². The van der Waals surface area contributed by atoms with Gasteiger partial charge < -0.3 is 0 Å². The predicted molar refractivity (Wildman–Crippen MR) is 186 cm³/mol. The van der Waals surface area contributed by atoms with Crippen molar-refractivity contribution in [2.24, 2.45) is 0 Å². The quantitative estimate of drug-likeness (QED) is 0.117. The molecule has 0 saturated carbocycles. The highest BCUT2D eigenvalue weighted by Crippen LogP contribution is 2.59. The fraction of sp³-hybridized carbons (Fsp3) is 0. The molecule has 0 amide bonds. The molecule has 0 aliphatic heterocycles. The molecule has 0 nitrogen and oxygen atoms in total. The second-order valence-electron chi connectivity index (χ2n) is 11.8. The van der Waals surface area contributed by atoms with Crippen molar-refractivity contribution in [3.63, 3.8) is 0 Å². The summed E-state index contributed by atoms with van der Waals surface area (Å²) in [6.45, 7) is 0. The van der Waals surface area contributed by atoms with E-state index in [0.29, 0.717) is 0 Å². The number of hydrogen-bond donors (Lipinski definition) is 0. The highest BCUT2D eigenvalue weighted by Gasteiger charge is 2.31. The normalized spacial score (nSPS) is 12.3. The molecule has 0 aromatic heterocycles. The van der Waals surface area contributed by atoms with Crippen molar-refractivity contribution in [1.82, 2.24) is 0 Å². The minimum atomic E-state index is 0.831. The maximum atomic E-state index is 6.50. The number of rotatable bonds is 2. The first-order valence-electron chi connectivity index (χ1n) is 14.9. The van der Waals surface area contributed by atoms with Crippen LogP contribution in [0, 0.1) is 0 Å². The monoisotopic (exact) mass is 538 g/mol. The molecule has 1 aliphatic rings. The van der Waals surface area contributed by atoms with E-state index in [1.165, 1.54) is 93.0 Å². The molecule has 0 N–H and O–H groups in total. The predicted octanol–water partition coefficient (Wildman–Crippen LogP) is 10.7. The first-order chi connectivity index (χ1) is 21.3. The molecular formula is C42H23B. The van der Waals surface area contributed by atoms with Crippen LogP contribution >= 0.6 is 0 Å². The second kappa shape index (κ2) is 8.34. The average molecular weight is 538 g/mol. The molecule has 10 rings (SSSR count). The summed E-state index contributed by atoms with van der Waals surface area (Å²) in [5, 5.41) is 12.8. The molecule has 9 aromatic rings. The van der Waals surface area contributed by atoms with E-state index in [1.54, 1.807) is 0 Å². The number of hydrogen-bond acceptors (Lipinski definition) is 0. The van der Waals surface area contributed by atoms with E-state index < -0.39 is 0 Å². The lowest BCUT2D eigenvalue weighted by atomic mass is 9.82. The third-order valence-electron chi connectivity index (χ3n) is 9.69. The van der Waals surface area contributed by atoms with E-state index in [-0.39, 0.29) is 0 Å². The average Bonchev–Trinajstić information content (AvgIpc) is 3.40. The summed E-state index contributed by atoms with van der Waals surface area (Å²) in [4.78, 5) is 0. The van der Waals surface area contributed by atoms with Crippen LogP contribution in [-0.4, -0.2) is 7.85 Å². The summed E-state index contributed by atoms with van der Waals surface area (Å²) in [6.07, 6.45) is 0. The highest BCUT2D eigenvalue weighted by molar-refractivity contribution is 6.45. The lowest BCUT2D eigenvalue weighted by molar-refractivity contribution is 1.62. The number of fused-ring (bicyclic) bond motifs is 6. The molecule has 194 valence electrons. The molecule has 0 spiro atoms. The Bertz CT molecular complexity index is 2450. The third kappa shape index (κ3) is 2.92. The summed E-state index contributed by atoms with van der Waals surface area (Å²) in [6, 6.07) is 51.1. The Morgan fingerprint density at radius 3 is 1.30 bits per heavy atom. The topological polar surface area (TPSA) is 0 Å². The zero-order valence-corrected chi connectivity index (χ0v) is 23.4. The van der Waals surface area contributed by atoms with Crippen LogP contribution in [0.5, 0.6) is 0 Å². The SMILES string of the molecule is [B]c1ccc2c3ccc4c5c(ccc(c6cccc1c62)c53)-c1c-4c(-c2ccccc2)c2ccccc2c1-c1ccccc1. The molecule has 1 aliphatic carbocycles. The van der Waals surface area contributed by atoms with Gasteiger partial charge in [0.15, 0.2) is 0 Å². The lowest BCUT2D eigenvalue weighted by Gasteiger charge is -2.20. The molecule has 9 aromatic carbocycles. The van der Waals surface area contributed by atoms with Crippen LogP contribution in [0.25, 0.3) is 98.4 Å². The van der Waals surface area contributed by atoms with Crippen molar-refractivity contribution in [3.05, 3.63) is 140 Å². The van der Waals surface area contributed by atoms with Gasteiger partial charge in [-0.05, 0) is 98.4 Å². The summed E-state index contributed by atoms with van der Waals surface area (Å²) >= 11 is 0. The number of benzene rings is 9. The van der Waals surface area contributed by atoms with E-state index in [9.17, 15) is 0 Å². The molecule has 0 saturated heterocycles. The van der Waals surface area contributed by atoms with Gasteiger partial charge in [0.05, 0.1) is 0 Å². The van der Waals surface area contributed by atoms with Gasteiger partial charge in [0.1, 0.15) is 7.85 Å². The van der Waals surface area contributed by atoms with Gasteiger partial charge in [-0.25, -0.2) is 0 Å². The molecule has 43 heavy (non-hydrogen) atoms. The fourth-order valence-corrected chi connectivity index (χ4v) is 8.03. The van der Waals surface area contributed by atoms with Gasteiger partial charge >= 0.3 is 0 Å². The van der Waals surface area contributed by atoms with Crippen molar-refractivity contribution >= 4 is 67.2 Å². The van der Waals surface area contributed by atoms with Crippen molar-refractivity contribution in [2.45, 2.75) is 0 Å². The molecule has 0 bridgehead atoms. The molecular weight excluding hydrogens is 515 g/mol. The van der Waals surface area contributed by atoms with Crippen LogP contribution in [0.15, 0.2) is 140 Å². The zero-order valence-electron chi connectivity index (χ0n) is 23.4. The summed E-state index contributed by atoms with van der Waals surface area (Å²) < 4.78 is 0. The van der Waals surface area contributed by atoms with Crippen LogP contribution in [0.1, 0.15) is 0 Å². The summed E-state index contributed by atoms with van der Waals surface area (Å²) in [5.41, 5.74) is 11.3. The second-order valence-corrected chi connectivity index (χ2v) is 11.8. The maximum Gasteiger partial charge on any atom is 0.114 e. The minimum absolute atomic E-state index is 0.831. The standard InChI is InChI=1S/C42H23B/c43-35-23-22-29-31-19-21-34-40-33(20-18-30(39(31)40)28-16-9-17-32(35)38(28)29)41-36(24-10-3-1-4-11-24)26-14-7-8-15-27(26)37(42(34)41)25-12-5-2-6-13-25/h1-23H. The molecule has 0 heterocycles.